The molecule has 0 saturated carbocycles. The maximum atomic E-state index is 10.6. The Kier molecular flexibility index (Phi) is 3.57. The molecule has 0 unspecified atom stereocenters. The van der Waals surface area contributed by atoms with Crippen molar-refractivity contribution in [3.8, 4) is 0 Å². The Labute approximate surface area is 95.4 Å². The third kappa shape index (κ3) is 2.83. The van der Waals surface area contributed by atoms with Gasteiger partial charge in [0.2, 0.25) is 0 Å². The van der Waals surface area contributed by atoms with Crippen molar-refractivity contribution < 1.29 is 14.3 Å². The Morgan fingerprint density at radius 2 is 2.12 bits per heavy atom. The zero-order valence-electron chi connectivity index (χ0n) is 9.39. The van der Waals surface area contributed by atoms with Crippen molar-refractivity contribution in [1.82, 2.24) is 0 Å². The summed E-state index contributed by atoms with van der Waals surface area (Å²) < 4.78 is 10.6. The number of hydrogen-bond donors (Lipinski definition) is 0. The summed E-state index contributed by atoms with van der Waals surface area (Å²) in [6.07, 6.45) is 0.596. The van der Waals surface area contributed by atoms with Crippen LogP contribution in [0.15, 0.2) is 30.3 Å². The van der Waals surface area contributed by atoms with Gasteiger partial charge in [0, 0.05) is 5.92 Å². The fraction of sp³-hybridized carbons (Fsp3) is 0.462. The Bertz CT molecular complexity index is 339. The van der Waals surface area contributed by atoms with Crippen molar-refractivity contribution in [1.29, 1.82) is 0 Å². The van der Waals surface area contributed by atoms with Crippen LogP contribution in [0.2, 0.25) is 0 Å². The molecule has 1 fully saturated rings. The topological polar surface area (TPSA) is 35.5 Å². The predicted octanol–water partition coefficient (Wildman–Crippen LogP) is 2.15. The van der Waals surface area contributed by atoms with Gasteiger partial charge in [-0.1, -0.05) is 37.3 Å². The molecule has 0 aromatic heterocycles. The molecule has 1 saturated heterocycles. The van der Waals surface area contributed by atoms with Crippen LogP contribution in [0.25, 0.3) is 0 Å². The third-order valence-corrected chi connectivity index (χ3v) is 2.78. The van der Waals surface area contributed by atoms with Crippen LogP contribution in [0, 0.1) is 5.92 Å². The van der Waals surface area contributed by atoms with Crippen LogP contribution >= 0.6 is 0 Å². The Morgan fingerprint density at radius 3 is 2.75 bits per heavy atom. The van der Waals surface area contributed by atoms with Crippen LogP contribution in [-0.2, 0) is 20.9 Å². The Hall–Kier alpha value is -1.35. The molecule has 1 aromatic rings. The van der Waals surface area contributed by atoms with Gasteiger partial charge in [0.05, 0.1) is 19.6 Å². The quantitative estimate of drug-likeness (QED) is 0.713. The highest BCUT2D eigenvalue weighted by Crippen LogP contribution is 2.22. The maximum absolute atomic E-state index is 10.6. The predicted molar refractivity (Wildman–Crippen MR) is 59.8 cm³/mol. The lowest BCUT2D eigenvalue weighted by molar-refractivity contribution is -0.176. The van der Waals surface area contributed by atoms with Gasteiger partial charge in [-0.05, 0) is 5.56 Å². The second-order valence-corrected chi connectivity index (χ2v) is 4.21. The highest BCUT2D eigenvalue weighted by molar-refractivity contribution is 5.75. The summed E-state index contributed by atoms with van der Waals surface area (Å²) in [7, 11) is 0. The highest BCUT2D eigenvalue weighted by Gasteiger charge is 2.33. The number of carbonyl (C=O) groups excluding carboxylic acids is 1. The fourth-order valence-corrected chi connectivity index (χ4v) is 1.69. The second kappa shape index (κ2) is 5.12. The van der Waals surface area contributed by atoms with Gasteiger partial charge in [-0.25, -0.2) is 0 Å². The highest BCUT2D eigenvalue weighted by atomic mass is 16.6. The van der Waals surface area contributed by atoms with E-state index in [2.05, 4.69) is 0 Å². The van der Waals surface area contributed by atoms with Crippen molar-refractivity contribution >= 4 is 5.97 Å². The molecular weight excluding hydrogens is 204 g/mol. The molecule has 0 bridgehead atoms. The number of cyclic esters (lactones) is 1. The van der Waals surface area contributed by atoms with E-state index < -0.39 is 0 Å². The van der Waals surface area contributed by atoms with Crippen LogP contribution in [0.1, 0.15) is 18.9 Å². The van der Waals surface area contributed by atoms with Gasteiger partial charge in [-0.2, -0.15) is 0 Å². The lowest BCUT2D eigenvalue weighted by atomic mass is 9.99. The molecule has 1 aliphatic rings. The standard InChI is InChI=1S/C13H16O3/c1-10(12-7-13(14)16-12)8-15-9-11-5-3-2-4-6-11/h2-6,10,12H,7-9H2,1H3/t10-,12+/m0/s1. The molecule has 0 N–H and O–H groups in total. The molecule has 0 amide bonds. The van der Waals surface area contributed by atoms with Crippen molar-refractivity contribution in [2.45, 2.75) is 26.1 Å². The number of rotatable bonds is 5. The molecule has 3 heteroatoms. The summed E-state index contributed by atoms with van der Waals surface area (Å²) in [6, 6.07) is 10.0. The van der Waals surface area contributed by atoms with E-state index in [1.54, 1.807) is 0 Å². The zero-order valence-corrected chi connectivity index (χ0v) is 9.39. The number of hydrogen-bond acceptors (Lipinski definition) is 3. The van der Waals surface area contributed by atoms with Gasteiger partial charge in [0.15, 0.2) is 0 Å². The normalized spacial score (nSPS) is 21.1. The van der Waals surface area contributed by atoms with E-state index in [-0.39, 0.29) is 18.0 Å². The third-order valence-electron chi connectivity index (χ3n) is 2.78. The average molecular weight is 220 g/mol. The van der Waals surface area contributed by atoms with Crippen LogP contribution in [0.4, 0.5) is 0 Å². The Morgan fingerprint density at radius 1 is 1.44 bits per heavy atom. The van der Waals surface area contributed by atoms with Crippen LogP contribution < -0.4 is 0 Å². The first-order valence-corrected chi connectivity index (χ1v) is 5.57. The average Bonchev–Trinajstić information content (AvgIpc) is 2.26. The van der Waals surface area contributed by atoms with E-state index in [4.69, 9.17) is 9.47 Å². The molecule has 0 aliphatic carbocycles. The number of ether oxygens (including phenoxy) is 2. The summed E-state index contributed by atoms with van der Waals surface area (Å²) in [5.41, 5.74) is 1.17. The molecule has 0 spiro atoms. The second-order valence-electron chi connectivity index (χ2n) is 4.21. The summed E-state index contributed by atoms with van der Waals surface area (Å²) in [5, 5.41) is 0. The molecule has 3 nitrogen and oxygen atoms in total. The molecule has 16 heavy (non-hydrogen) atoms. The zero-order chi connectivity index (χ0) is 11.4. The van der Waals surface area contributed by atoms with Gasteiger partial charge in [0.1, 0.15) is 6.10 Å². The molecule has 1 aromatic carbocycles. The first-order valence-electron chi connectivity index (χ1n) is 5.57. The summed E-state index contributed by atoms with van der Waals surface area (Å²) in [6.45, 7) is 3.29. The SMILES string of the molecule is C[C@@H](COCc1ccccc1)[C@H]1CC(=O)O1. The van der Waals surface area contributed by atoms with E-state index in [1.807, 2.05) is 37.3 Å². The summed E-state index contributed by atoms with van der Waals surface area (Å²) in [5.74, 6) is 0.182. The molecule has 86 valence electrons. The van der Waals surface area contributed by atoms with E-state index in [1.165, 1.54) is 5.56 Å². The summed E-state index contributed by atoms with van der Waals surface area (Å²) >= 11 is 0. The van der Waals surface area contributed by atoms with Gasteiger partial charge < -0.3 is 9.47 Å². The first kappa shape index (κ1) is 11.1. The monoisotopic (exact) mass is 220 g/mol. The molecule has 2 atom stereocenters. The van der Waals surface area contributed by atoms with Crippen molar-refractivity contribution in [3.63, 3.8) is 0 Å². The van der Waals surface area contributed by atoms with E-state index >= 15 is 0 Å². The maximum Gasteiger partial charge on any atom is 0.309 e. The first-order chi connectivity index (χ1) is 7.75. The minimum Gasteiger partial charge on any atom is -0.461 e. The van der Waals surface area contributed by atoms with Gasteiger partial charge in [0.25, 0.3) is 0 Å². The van der Waals surface area contributed by atoms with Crippen molar-refractivity contribution in [2.75, 3.05) is 6.61 Å². The van der Waals surface area contributed by atoms with E-state index in [9.17, 15) is 4.79 Å². The van der Waals surface area contributed by atoms with Crippen LogP contribution in [0.3, 0.4) is 0 Å². The molecule has 1 aliphatic heterocycles. The number of benzene rings is 1. The van der Waals surface area contributed by atoms with Crippen molar-refractivity contribution in [3.05, 3.63) is 35.9 Å². The van der Waals surface area contributed by atoms with Crippen LogP contribution in [-0.4, -0.2) is 18.7 Å². The molecule has 2 rings (SSSR count). The van der Waals surface area contributed by atoms with Gasteiger partial charge >= 0.3 is 5.97 Å². The lowest BCUT2D eigenvalue weighted by Gasteiger charge is -2.30. The lowest BCUT2D eigenvalue weighted by Crippen LogP contribution is -2.39. The van der Waals surface area contributed by atoms with E-state index in [0.717, 1.165) is 0 Å². The van der Waals surface area contributed by atoms with Crippen molar-refractivity contribution in [2.24, 2.45) is 5.92 Å². The van der Waals surface area contributed by atoms with Gasteiger partial charge in [-0.3, -0.25) is 4.79 Å². The molecule has 0 radical (unpaired) electrons. The minimum atomic E-state index is -0.0973. The minimum absolute atomic E-state index is 0.0586. The largest absolute Gasteiger partial charge is 0.461 e. The van der Waals surface area contributed by atoms with E-state index in [0.29, 0.717) is 19.6 Å². The molecule has 1 heterocycles. The number of esters is 1. The Balaban J connectivity index is 1.66. The fourth-order valence-electron chi connectivity index (χ4n) is 1.69. The summed E-state index contributed by atoms with van der Waals surface area (Å²) in [4.78, 5) is 10.6. The van der Waals surface area contributed by atoms with Gasteiger partial charge in [-0.15, -0.1) is 0 Å². The molecular formula is C13H16O3. The number of carbonyl (C=O) groups is 1. The van der Waals surface area contributed by atoms with Crippen LogP contribution in [0.5, 0.6) is 0 Å². The smallest absolute Gasteiger partial charge is 0.309 e.